The lowest BCUT2D eigenvalue weighted by atomic mass is 9.95. The Kier molecular flexibility index (Phi) is 2.93. The molecule has 2 aliphatic rings. The highest BCUT2D eigenvalue weighted by atomic mass is 15.3. The van der Waals surface area contributed by atoms with Crippen molar-refractivity contribution in [3.05, 3.63) is 35.9 Å². The zero-order valence-electron chi connectivity index (χ0n) is 10.7. The van der Waals surface area contributed by atoms with E-state index in [-0.39, 0.29) is 0 Å². The smallest absolute Gasteiger partial charge is 0.0352 e. The van der Waals surface area contributed by atoms with Crippen LogP contribution in [-0.4, -0.2) is 42.0 Å². The maximum absolute atomic E-state index is 2.73. The summed E-state index contributed by atoms with van der Waals surface area (Å²) in [5.41, 5.74) is 1.95. The minimum atomic E-state index is 0.491. The van der Waals surface area contributed by atoms with Crippen LogP contribution in [0.2, 0.25) is 0 Å². The standard InChI is InChI=1S/C15H22N2/c1-16-11-9-15(13-16)8-5-10-17(15)12-14-6-3-2-4-7-14/h2-4,6-7H,5,8-13H2,1H3. The molecule has 0 amide bonds. The second kappa shape index (κ2) is 4.43. The zero-order valence-corrected chi connectivity index (χ0v) is 10.7. The summed E-state index contributed by atoms with van der Waals surface area (Å²) >= 11 is 0. The molecule has 1 atom stereocenters. The average Bonchev–Trinajstić information content (AvgIpc) is 2.89. The highest BCUT2D eigenvalue weighted by molar-refractivity contribution is 5.16. The lowest BCUT2D eigenvalue weighted by Gasteiger charge is -2.35. The fourth-order valence-electron chi connectivity index (χ4n) is 3.57. The summed E-state index contributed by atoms with van der Waals surface area (Å²) < 4.78 is 0. The minimum absolute atomic E-state index is 0.491. The Labute approximate surface area is 104 Å². The van der Waals surface area contributed by atoms with Crippen molar-refractivity contribution in [3.63, 3.8) is 0 Å². The number of hydrogen-bond acceptors (Lipinski definition) is 2. The van der Waals surface area contributed by atoms with Gasteiger partial charge in [-0.1, -0.05) is 30.3 Å². The first kappa shape index (κ1) is 11.2. The van der Waals surface area contributed by atoms with Crippen molar-refractivity contribution in [2.75, 3.05) is 26.7 Å². The van der Waals surface area contributed by atoms with Gasteiger partial charge in [-0.15, -0.1) is 0 Å². The zero-order chi connectivity index (χ0) is 11.7. The molecule has 1 aromatic rings. The molecule has 2 nitrogen and oxygen atoms in total. The topological polar surface area (TPSA) is 6.48 Å². The molecule has 0 aliphatic carbocycles. The Bertz CT molecular complexity index is 376. The maximum atomic E-state index is 2.73. The second-order valence-electron chi connectivity index (χ2n) is 5.72. The average molecular weight is 230 g/mol. The summed E-state index contributed by atoms with van der Waals surface area (Å²) in [6.45, 7) is 4.95. The molecule has 2 fully saturated rings. The first-order valence-electron chi connectivity index (χ1n) is 6.76. The molecule has 2 saturated heterocycles. The number of benzene rings is 1. The van der Waals surface area contributed by atoms with E-state index >= 15 is 0 Å². The van der Waals surface area contributed by atoms with E-state index in [4.69, 9.17) is 0 Å². The van der Waals surface area contributed by atoms with Crippen LogP contribution in [-0.2, 0) is 6.54 Å². The molecule has 1 aromatic carbocycles. The van der Waals surface area contributed by atoms with E-state index in [0.717, 1.165) is 6.54 Å². The normalized spacial score (nSPS) is 30.4. The highest BCUT2D eigenvalue weighted by Crippen LogP contribution is 2.37. The van der Waals surface area contributed by atoms with Crippen LogP contribution in [0.25, 0.3) is 0 Å². The van der Waals surface area contributed by atoms with Crippen molar-refractivity contribution in [2.24, 2.45) is 0 Å². The third-order valence-electron chi connectivity index (χ3n) is 4.48. The van der Waals surface area contributed by atoms with Crippen molar-refractivity contribution in [1.82, 2.24) is 9.80 Å². The molecule has 0 radical (unpaired) electrons. The summed E-state index contributed by atoms with van der Waals surface area (Å²) in [5, 5.41) is 0. The summed E-state index contributed by atoms with van der Waals surface area (Å²) in [7, 11) is 2.26. The minimum Gasteiger partial charge on any atom is -0.304 e. The summed E-state index contributed by atoms with van der Waals surface area (Å²) in [4.78, 5) is 5.22. The van der Waals surface area contributed by atoms with Gasteiger partial charge in [-0.2, -0.15) is 0 Å². The van der Waals surface area contributed by atoms with E-state index in [1.54, 1.807) is 0 Å². The molecule has 2 heterocycles. The van der Waals surface area contributed by atoms with Gasteiger partial charge in [0.2, 0.25) is 0 Å². The first-order valence-corrected chi connectivity index (χ1v) is 6.76. The number of likely N-dealkylation sites (N-methyl/N-ethyl adjacent to an activating group) is 1. The summed E-state index contributed by atoms with van der Waals surface area (Å²) in [5.74, 6) is 0. The van der Waals surface area contributed by atoms with E-state index in [1.807, 2.05) is 0 Å². The van der Waals surface area contributed by atoms with E-state index in [9.17, 15) is 0 Å². The molecule has 3 rings (SSSR count). The number of hydrogen-bond donors (Lipinski definition) is 0. The SMILES string of the molecule is CN1CCC2(CCCN2Cc2ccccc2)C1. The van der Waals surface area contributed by atoms with Crippen molar-refractivity contribution in [1.29, 1.82) is 0 Å². The van der Waals surface area contributed by atoms with Crippen LogP contribution in [0.5, 0.6) is 0 Å². The molecule has 17 heavy (non-hydrogen) atoms. The fourth-order valence-corrected chi connectivity index (χ4v) is 3.57. The van der Waals surface area contributed by atoms with Gasteiger partial charge < -0.3 is 4.90 Å². The monoisotopic (exact) mass is 230 g/mol. The number of likely N-dealkylation sites (tertiary alicyclic amines) is 2. The van der Waals surface area contributed by atoms with Gasteiger partial charge in [-0.25, -0.2) is 0 Å². The van der Waals surface area contributed by atoms with Crippen LogP contribution in [0, 0.1) is 0 Å². The van der Waals surface area contributed by atoms with Crippen LogP contribution in [0.4, 0.5) is 0 Å². The van der Waals surface area contributed by atoms with Crippen LogP contribution >= 0.6 is 0 Å². The molecule has 1 unspecified atom stereocenters. The van der Waals surface area contributed by atoms with E-state index < -0.39 is 0 Å². The molecule has 92 valence electrons. The highest BCUT2D eigenvalue weighted by Gasteiger charge is 2.44. The Balaban J connectivity index is 1.74. The molecule has 0 aromatic heterocycles. The molecule has 1 spiro atoms. The Morgan fingerprint density at radius 1 is 1.12 bits per heavy atom. The molecular weight excluding hydrogens is 208 g/mol. The van der Waals surface area contributed by atoms with Crippen LogP contribution in [0.15, 0.2) is 30.3 Å². The molecule has 0 bridgehead atoms. The first-order chi connectivity index (χ1) is 8.28. The predicted molar refractivity (Wildman–Crippen MR) is 70.9 cm³/mol. The van der Waals surface area contributed by atoms with Crippen molar-refractivity contribution < 1.29 is 0 Å². The van der Waals surface area contributed by atoms with Gasteiger partial charge in [0.15, 0.2) is 0 Å². The van der Waals surface area contributed by atoms with Gasteiger partial charge in [-0.3, -0.25) is 4.90 Å². The quantitative estimate of drug-likeness (QED) is 0.769. The third kappa shape index (κ3) is 2.12. The Morgan fingerprint density at radius 3 is 2.65 bits per heavy atom. The fraction of sp³-hybridized carbons (Fsp3) is 0.600. The number of nitrogens with zero attached hydrogens (tertiary/aromatic N) is 2. The van der Waals surface area contributed by atoms with E-state index in [1.165, 1.54) is 44.5 Å². The molecular formula is C15H22N2. The van der Waals surface area contributed by atoms with Gasteiger partial charge >= 0.3 is 0 Å². The number of rotatable bonds is 2. The lowest BCUT2D eigenvalue weighted by molar-refractivity contribution is 0.136. The predicted octanol–water partition coefficient (Wildman–Crippen LogP) is 2.36. The third-order valence-corrected chi connectivity index (χ3v) is 4.48. The summed E-state index contributed by atoms with van der Waals surface area (Å²) in [6.07, 6.45) is 4.13. The molecule has 2 aliphatic heterocycles. The van der Waals surface area contributed by atoms with Gasteiger partial charge in [-0.05, 0) is 45.0 Å². The van der Waals surface area contributed by atoms with Crippen molar-refractivity contribution in [3.8, 4) is 0 Å². The van der Waals surface area contributed by atoms with E-state index in [0.29, 0.717) is 5.54 Å². The van der Waals surface area contributed by atoms with Gasteiger partial charge in [0.05, 0.1) is 0 Å². The van der Waals surface area contributed by atoms with Crippen LogP contribution < -0.4 is 0 Å². The molecule has 2 heteroatoms. The molecule has 0 N–H and O–H groups in total. The van der Waals surface area contributed by atoms with Crippen LogP contribution in [0.1, 0.15) is 24.8 Å². The van der Waals surface area contributed by atoms with Gasteiger partial charge in [0.25, 0.3) is 0 Å². The summed E-state index contributed by atoms with van der Waals surface area (Å²) in [6, 6.07) is 10.9. The van der Waals surface area contributed by atoms with Gasteiger partial charge in [0, 0.05) is 18.6 Å². The molecule has 0 saturated carbocycles. The van der Waals surface area contributed by atoms with Crippen molar-refractivity contribution >= 4 is 0 Å². The maximum Gasteiger partial charge on any atom is 0.0352 e. The van der Waals surface area contributed by atoms with E-state index in [2.05, 4.69) is 47.2 Å². The lowest BCUT2D eigenvalue weighted by Crippen LogP contribution is -2.45. The van der Waals surface area contributed by atoms with Gasteiger partial charge in [0.1, 0.15) is 0 Å². The second-order valence-corrected chi connectivity index (χ2v) is 5.72. The van der Waals surface area contributed by atoms with Crippen LogP contribution in [0.3, 0.4) is 0 Å². The Hall–Kier alpha value is -0.860. The largest absolute Gasteiger partial charge is 0.304 e. The van der Waals surface area contributed by atoms with Crippen molar-refractivity contribution in [2.45, 2.75) is 31.3 Å². The Morgan fingerprint density at radius 2 is 1.94 bits per heavy atom.